The second kappa shape index (κ2) is 5.34. The molecule has 19 heavy (non-hydrogen) atoms. The summed E-state index contributed by atoms with van der Waals surface area (Å²) in [7, 11) is 2.02. The highest BCUT2D eigenvalue weighted by Gasteiger charge is 2.11. The van der Waals surface area contributed by atoms with Gasteiger partial charge in [-0.1, -0.05) is 6.07 Å². The van der Waals surface area contributed by atoms with E-state index in [2.05, 4.69) is 36.0 Å². The Balaban J connectivity index is 2.09. The van der Waals surface area contributed by atoms with Gasteiger partial charge in [-0.25, -0.2) is 4.98 Å². The van der Waals surface area contributed by atoms with Crippen molar-refractivity contribution < 1.29 is 4.42 Å². The molecule has 0 amide bonds. The molecule has 0 saturated carbocycles. The van der Waals surface area contributed by atoms with E-state index in [1.165, 1.54) is 0 Å². The van der Waals surface area contributed by atoms with Gasteiger partial charge >= 0.3 is 0 Å². The monoisotopic (exact) mass is 259 g/mol. The summed E-state index contributed by atoms with van der Waals surface area (Å²) < 4.78 is 5.08. The van der Waals surface area contributed by atoms with Crippen LogP contribution in [0.4, 0.5) is 11.6 Å². The summed E-state index contributed by atoms with van der Waals surface area (Å²) >= 11 is 0. The van der Waals surface area contributed by atoms with E-state index in [0.717, 1.165) is 23.7 Å². The molecule has 2 rings (SSSR count). The SMILES string of the molecule is CN(Cc1ccoc1)c1cccc(NC(C)(C)C)n1. The lowest BCUT2D eigenvalue weighted by Gasteiger charge is -2.23. The minimum absolute atomic E-state index is 0.00868. The Morgan fingerprint density at radius 3 is 2.68 bits per heavy atom. The van der Waals surface area contributed by atoms with Gasteiger partial charge in [0.1, 0.15) is 11.6 Å². The molecule has 0 aromatic carbocycles. The second-order valence-electron chi connectivity index (χ2n) is 5.74. The molecule has 2 aromatic rings. The molecule has 0 bridgehead atoms. The maximum atomic E-state index is 5.08. The van der Waals surface area contributed by atoms with Gasteiger partial charge in [0.15, 0.2) is 0 Å². The zero-order valence-corrected chi connectivity index (χ0v) is 12.0. The number of aromatic nitrogens is 1. The van der Waals surface area contributed by atoms with Gasteiger partial charge in [-0.05, 0) is 39.0 Å². The molecule has 0 radical (unpaired) electrons. The number of hydrogen-bond donors (Lipinski definition) is 1. The number of nitrogens with zero attached hydrogens (tertiary/aromatic N) is 2. The van der Waals surface area contributed by atoms with Gasteiger partial charge in [0, 0.05) is 24.7 Å². The van der Waals surface area contributed by atoms with Crippen LogP contribution in [0.15, 0.2) is 41.2 Å². The van der Waals surface area contributed by atoms with Crippen LogP contribution in [-0.4, -0.2) is 17.6 Å². The standard InChI is InChI=1S/C15H21N3O/c1-15(2,3)17-13-6-5-7-14(16-13)18(4)10-12-8-9-19-11-12/h5-9,11H,10H2,1-4H3,(H,16,17). The van der Waals surface area contributed by atoms with Gasteiger partial charge < -0.3 is 14.6 Å². The zero-order chi connectivity index (χ0) is 13.9. The van der Waals surface area contributed by atoms with E-state index in [9.17, 15) is 0 Å². The van der Waals surface area contributed by atoms with E-state index in [-0.39, 0.29) is 5.54 Å². The van der Waals surface area contributed by atoms with E-state index >= 15 is 0 Å². The molecular formula is C15H21N3O. The van der Waals surface area contributed by atoms with Crippen molar-refractivity contribution in [3.05, 3.63) is 42.4 Å². The number of hydrogen-bond acceptors (Lipinski definition) is 4. The second-order valence-corrected chi connectivity index (χ2v) is 5.74. The molecule has 1 N–H and O–H groups in total. The smallest absolute Gasteiger partial charge is 0.130 e. The van der Waals surface area contributed by atoms with Gasteiger partial charge in [0.2, 0.25) is 0 Å². The zero-order valence-electron chi connectivity index (χ0n) is 12.0. The highest BCUT2D eigenvalue weighted by atomic mass is 16.3. The average molecular weight is 259 g/mol. The van der Waals surface area contributed by atoms with Crippen LogP contribution < -0.4 is 10.2 Å². The van der Waals surface area contributed by atoms with Crippen LogP contribution in [0.25, 0.3) is 0 Å². The molecule has 102 valence electrons. The summed E-state index contributed by atoms with van der Waals surface area (Å²) in [6, 6.07) is 7.98. The molecule has 4 nitrogen and oxygen atoms in total. The Hall–Kier alpha value is -1.97. The first-order chi connectivity index (χ1) is 8.94. The fourth-order valence-electron chi connectivity index (χ4n) is 1.83. The van der Waals surface area contributed by atoms with Gasteiger partial charge in [0.05, 0.1) is 12.5 Å². The lowest BCUT2D eigenvalue weighted by molar-refractivity contribution is 0.563. The van der Waals surface area contributed by atoms with Gasteiger partial charge in [-0.2, -0.15) is 0 Å². The number of furan rings is 1. The number of anilines is 2. The molecule has 0 atom stereocenters. The molecule has 0 fully saturated rings. The van der Waals surface area contributed by atoms with Crippen molar-refractivity contribution >= 4 is 11.6 Å². The predicted molar refractivity (Wildman–Crippen MR) is 78.4 cm³/mol. The molecule has 0 unspecified atom stereocenters. The summed E-state index contributed by atoms with van der Waals surface area (Å²) in [5.41, 5.74) is 1.15. The Kier molecular flexibility index (Phi) is 3.79. The van der Waals surface area contributed by atoms with E-state index in [4.69, 9.17) is 4.42 Å². The summed E-state index contributed by atoms with van der Waals surface area (Å²) in [5, 5.41) is 3.38. The third kappa shape index (κ3) is 4.02. The first-order valence-electron chi connectivity index (χ1n) is 6.41. The number of nitrogens with one attached hydrogen (secondary N) is 1. The first-order valence-corrected chi connectivity index (χ1v) is 6.41. The highest BCUT2D eigenvalue weighted by molar-refractivity contribution is 5.47. The molecule has 0 aliphatic rings. The summed E-state index contributed by atoms with van der Waals surface area (Å²) in [4.78, 5) is 6.72. The van der Waals surface area contributed by atoms with Crippen LogP contribution in [0, 0.1) is 0 Å². The Morgan fingerprint density at radius 2 is 2.05 bits per heavy atom. The topological polar surface area (TPSA) is 41.3 Å². The van der Waals surface area contributed by atoms with Crippen LogP contribution in [0.2, 0.25) is 0 Å². The van der Waals surface area contributed by atoms with E-state index in [1.54, 1.807) is 12.5 Å². The van der Waals surface area contributed by atoms with Crippen molar-refractivity contribution in [1.29, 1.82) is 0 Å². The van der Waals surface area contributed by atoms with Gasteiger partial charge in [-0.15, -0.1) is 0 Å². The van der Waals surface area contributed by atoms with Crippen molar-refractivity contribution in [2.45, 2.75) is 32.9 Å². The molecule has 0 spiro atoms. The van der Waals surface area contributed by atoms with Crippen molar-refractivity contribution in [2.75, 3.05) is 17.3 Å². The quantitative estimate of drug-likeness (QED) is 0.912. The molecular weight excluding hydrogens is 238 g/mol. The highest BCUT2D eigenvalue weighted by Crippen LogP contribution is 2.18. The first kappa shape index (κ1) is 13.5. The molecule has 2 heterocycles. The van der Waals surface area contributed by atoms with Crippen LogP contribution in [-0.2, 0) is 6.54 Å². The number of pyridine rings is 1. The lowest BCUT2D eigenvalue weighted by atomic mass is 10.1. The molecule has 0 saturated heterocycles. The predicted octanol–water partition coefficient (Wildman–Crippen LogP) is 3.52. The largest absolute Gasteiger partial charge is 0.472 e. The summed E-state index contributed by atoms with van der Waals surface area (Å²) in [6.45, 7) is 7.14. The van der Waals surface area contributed by atoms with E-state index in [1.807, 2.05) is 31.3 Å². The fraction of sp³-hybridized carbons (Fsp3) is 0.400. The molecule has 4 heteroatoms. The Labute approximate surface area is 114 Å². The van der Waals surface area contributed by atoms with Crippen LogP contribution in [0.3, 0.4) is 0 Å². The molecule has 0 aliphatic heterocycles. The molecule has 2 aromatic heterocycles. The average Bonchev–Trinajstić information content (AvgIpc) is 2.80. The van der Waals surface area contributed by atoms with Crippen molar-refractivity contribution in [1.82, 2.24) is 4.98 Å². The van der Waals surface area contributed by atoms with Crippen LogP contribution >= 0.6 is 0 Å². The van der Waals surface area contributed by atoms with E-state index in [0.29, 0.717) is 0 Å². The third-order valence-corrected chi connectivity index (χ3v) is 2.63. The van der Waals surface area contributed by atoms with Crippen molar-refractivity contribution in [3.63, 3.8) is 0 Å². The Morgan fingerprint density at radius 1 is 1.26 bits per heavy atom. The van der Waals surface area contributed by atoms with E-state index < -0.39 is 0 Å². The van der Waals surface area contributed by atoms with Crippen molar-refractivity contribution in [2.24, 2.45) is 0 Å². The van der Waals surface area contributed by atoms with Crippen LogP contribution in [0.5, 0.6) is 0 Å². The maximum Gasteiger partial charge on any atom is 0.130 e. The van der Waals surface area contributed by atoms with Gasteiger partial charge in [-0.3, -0.25) is 0 Å². The minimum atomic E-state index is 0.00868. The Bertz CT molecular complexity index is 514. The van der Waals surface area contributed by atoms with Crippen LogP contribution in [0.1, 0.15) is 26.3 Å². The lowest BCUT2D eigenvalue weighted by Crippen LogP contribution is -2.27. The summed E-state index contributed by atoms with van der Waals surface area (Å²) in [6.07, 6.45) is 3.45. The molecule has 0 aliphatic carbocycles. The minimum Gasteiger partial charge on any atom is -0.472 e. The summed E-state index contributed by atoms with van der Waals surface area (Å²) in [5.74, 6) is 1.83. The fourth-order valence-corrected chi connectivity index (χ4v) is 1.83. The maximum absolute atomic E-state index is 5.08. The third-order valence-electron chi connectivity index (χ3n) is 2.63. The van der Waals surface area contributed by atoms with Crippen molar-refractivity contribution in [3.8, 4) is 0 Å². The van der Waals surface area contributed by atoms with Gasteiger partial charge in [0.25, 0.3) is 0 Å². The number of rotatable bonds is 4. The normalized spacial score (nSPS) is 11.4.